The fourth-order valence-corrected chi connectivity index (χ4v) is 3.37. The Labute approximate surface area is 108 Å². The van der Waals surface area contributed by atoms with Crippen molar-refractivity contribution in [2.24, 2.45) is 0 Å². The van der Waals surface area contributed by atoms with Crippen LogP contribution in [-0.4, -0.2) is 25.7 Å². The van der Waals surface area contributed by atoms with Gasteiger partial charge >= 0.3 is 5.97 Å². The zero-order chi connectivity index (χ0) is 12.5. The lowest BCUT2D eigenvalue weighted by Crippen LogP contribution is -2.42. The number of carbonyl (C=O) groups is 1. The fourth-order valence-electron chi connectivity index (χ4n) is 3.37. The van der Waals surface area contributed by atoms with Crippen molar-refractivity contribution in [3.63, 3.8) is 0 Å². The van der Waals surface area contributed by atoms with Gasteiger partial charge in [-0.1, -0.05) is 6.07 Å². The van der Waals surface area contributed by atoms with E-state index in [1.165, 1.54) is 37.5 Å². The van der Waals surface area contributed by atoms with Gasteiger partial charge in [0.2, 0.25) is 0 Å². The first-order valence-corrected chi connectivity index (χ1v) is 6.74. The van der Waals surface area contributed by atoms with Gasteiger partial charge in [-0.25, -0.2) is 4.79 Å². The molecule has 1 aliphatic heterocycles. The Balaban J connectivity index is 1.93. The summed E-state index contributed by atoms with van der Waals surface area (Å²) in [6.07, 6.45) is 4.76. The molecular weight excluding hydrogens is 226 g/mol. The summed E-state index contributed by atoms with van der Waals surface area (Å²) in [6.45, 7) is 1.15. The molecule has 1 aromatic rings. The maximum atomic E-state index is 11.5. The van der Waals surface area contributed by atoms with E-state index in [-0.39, 0.29) is 5.97 Å². The Kier molecular flexibility index (Phi) is 3.08. The molecule has 0 spiro atoms. The monoisotopic (exact) mass is 245 g/mol. The van der Waals surface area contributed by atoms with Gasteiger partial charge < -0.3 is 10.1 Å². The lowest BCUT2D eigenvalue weighted by Gasteiger charge is -2.38. The van der Waals surface area contributed by atoms with Crippen LogP contribution in [0.5, 0.6) is 0 Å². The third-order valence-electron chi connectivity index (χ3n) is 4.27. The van der Waals surface area contributed by atoms with Crippen molar-refractivity contribution in [2.75, 3.05) is 13.7 Å². The van der Waals surface area contributed by atoms with Crippen LogP contribution in [0.4, 0.5) is 0 Å². The number of ether oxygens (including phenoxy) is 1. The number of piperidine rings is 1. The number of hydrogen-bond acceptors (Lipinski definition) is 3. The quantitative estimate of drug-likeness (QED) is 0.771. The van der Waals surface area contributed by atoms with Gasteiger partial charge in [0.05, 0.1) is 12.7 Å². The molecule has 0 radical (unpaired) electrons. The van der Waals surface area contributed by atoms with Gasteiger partial charge in [-0.15, -0.1) is 0 Å². The van der Waals surface area contributed by atoms with E-state index in [1.54, 1.807) is 0 Å². The van der Waals surface area contributed by atoms with Crippen LogP contribution in [0, 0.1) is 0 Å². The van der Waals surface area contributed by atoms with Crippen molar-refractivity contribution < 1.29 is 9.53 Å². The van der Waals surface area contributed by atoms with Crippen molar-refractivity contribution in [2.45, 2.75) is 37.6 Å². The molecule has 1 heterocycles. The summed E-state index contributed by atoms with van der Waals surface area (Å²) in [6, 6.07) is 6.69. The highest BCUT2D eigenvalue weighted by Crippen LogP contribution is 2.37. The maximum Gasteiger partial charge on any atom is 0.337 e. The molecular formula is C15H19NO2. The normalized spacial score (nSPS) is 26.1. The number of carbonyl (C=O) groups excluding carboxylic acids is 1. The van der Waals surface area contributed by atoms with Gasteiger partial charge in [-0.05, 0) is 61.4 Å². The van der Waals surface area contributed by atoms with Crippen LogP contribution in [0.2, 0.25) is 0 Å². The molecule has 3 heteroatoms. The van der Waals surface area contributed by atoms with E-state index >= 15 is 0 Å². The number of aryl methyl sites for hydroxylation is 1. The summed E-state index contributed by atoms with van der Waals surface area (Å²) in [5, 5.41) is 3.62. The van der Waals surface area contributed by atoms with Crippen molar-refractivity contribution in [1.82, 2.24) is 5.32 Å². The van der Waals surface area contributed by atoms with E-state index in [4.69, 9.17) is 4.74 Å². The van der Waals surface area contributed by atoms with Gasteiger partial charge in [0.25, 0.3) is 0 Å². The molecule has 0 saturated carbocycles. The van der Waals surface area contributed by atoms with E-state index < -0.39 is 0 Å². The van der Waals surface area contributed by atoms with Gasteiger partial charge in [-0.2, -0.15) is 0 Å². The van der Waals surface area contributed by atoms with Crippen LogP contribution in [-0.2, 0) is 11.2 Å². The first-order valence-electron chi connectivity index (χ1n) is 6.74. The first-order chi connectivity index (χ1) is 8.79. The summed E-state index contributed by atoms with van der Waals surface area (Å²) in [4.78, 5) is 11.5. The van der Waals surface area contributed by atoms with Gasteiger partial charge in [0.1, 0.15) is 0 Å². The van der Waals surface area contributed by atoms with Crippen LogP contribution in [0.3, 0.4) is 0 Å². The van der Waals surface area contributed by atoms with Gasteiger partial charge in [0, 0.05) is 6.04 Å². The summed E-state index contributed by atoms with van der Waals surface area (Å²) >= 11 is 0. The molecule has 1 fully saturated rings. The number of methoxy groups -OCH3 is 1. The summed E-state index contributed by atoms with van der Waals surface area (Å²) in [5.41, 5.74) is 3.45. The zero-order valence-electron chi connectivity index (χ0n) is 10.7. The number of benzene rings is 1. The van der Waals surface area contributed by atoms with Crippen molar-refractivity contribution in [3.05, 3.63) is 34.9 Å². The molecule has 3 nitrogen and oxygen atoms in total. The van der Waals surface area contributed by atoms with Gasteiger partial charge in [-0.3, -0.25) is 0 Å². The fraction of sp³-hybridized carbons (Fsp3) is 0.533. The smallest absolute Gasteiger partial charge is 0.337 e. The lowest BCUT2D eigenvalue weighted by molar-refractivity contribution is 0.0600. The molecule has 18 heavy (non-hydrogen) atoms. The minimum Gasteiger partial charge on any atom is -0.465 e. The predicted octanol–water partition coefficient (Wildman–Crippen LogP) is 2.25. The van der Waals surface area contributed by atoms with E-state index in [0.29, 0.717) is 17.5 Å². The number of rotatable bonds is 1. The number of esters is 1. The van der Waals surface area contributed by atoms with Crippen molar-refractivity contribution in [1.29, 1.82) is 0 Å². The molecule has 1 aliphatic carbocycles. The lowest BCUT2D eigenvalue weighted by atomic mass is 9.75. The Morgan fingerprint density at radius 1 is 1.39 bits per heavy atom. The number of fused-ring (bicyclic) bond motifs is 3. The highest BCUT2D eigenvalue weighted by Gasteiger charge is 2.31. The van der Waals surface area contributed by atoms with Crippen LogP contribution in [0.15, 0.2) is 18.2 Å². The van der Waals surface area contributed by atoms with Crippen LogP contribution in [0.1, 0.15) is 46.7 Å². The molecule has 2 atom stereocenters. The Morgan fingerprint density at radius 2 is 2.28 bits per heavy atom. The molecule has 0 amide bonds. The molecule has 2 aliphatic rings. The maximum absolute atomic E-state index is 11.5. The molecule has 0 aromatic heterocycles. The molecule has 1 unspecified atom stereocenters. The van der Waals surface area contributed by atoms with E-state index in [2.05, 4.69) is 11.4 Å². The van der Waals surface area contributed by atoms with Crippen molar-refractivity contribution in [3.8, 4) is 0 Å². The Morgan fingerprint density at radius 3 is 3.11 bits per heavy atom. The third kappa shape index (κ3) is 1.93. The van der Waals surface area contributed by atoms with E-state index in [1.807, 2.05) is 12.1 Å². The minimum atomic E-state index is -0.235. The first kappa shape index (κ1) is 11.7. The standard InChI is InChI=1S/C15H19NO2/c1-18-15(17)11-4-6-12-10(9-11)5-7-14-13(12)3-2-8-16-14/h4,6,9,13-14,16H,2-3,5,7-8H2,1H3/t13?,14-/m1/s1. The second-order valence-electron chi connectivity index (χ2n) is 5.25. The Bertz CT molecular complexity index is 470. The minimum absolute atomic E-state index is 0.235. The average molecular weight is 245 g/mol. The van der Waals surface area contributed by atoms with Crippen molar-refractivity contribution >= 4 is 5.97 Å². The predicted molar refractivity (Wildman–Crippen MR) is 69.9 cm³/mol. The van der Waals surface area contributed by atoms with Crippen LogP contribution in [0.25, 0.3) is 0 Å². The van der Waals surface area contributed by atoms with Crippen LogP contribution < -0.4 is 5.32 Å². The second-order valence-corrected chi connectivity index (χ2v) is 5.25. The van der Waals surface area contributed by atoms with E-state index in [9.17, 15) is 4.79 Å². The molecule has 96 valence electrons. The highest BCUT2D eigenvalue weighted by molar-refractivity contribution is 5.89. The van der Waals surface area contributed by atoms with Crippen LogP contribution >= 0.6 is 0 Å². The summed E-state index contributed by atoms with van der Waals surface area (Å²) < 4.78 is 4.78. The van der Waals surface area contributed by atoms with E-state index in [0.717, 1.165) is 13.0 Å². The Hall–Kier alpha value is -1.35. The topological polar surface area (TPSA) is 38.3 Å². The number of hydrogen-bond donors (Lipinski definition) is 1. The molecule has 0 bridgehead atoms. The second kappa shape index (κ2) is 4.73. The largest absolute Gasteiger partial charge is 0.465 e. The zero-order valence-corrected chi connectivity index (χ0v) is 10.7. The molecule has 3 rings (SSSR count). The SMILES string of the molecule is COC(=O)c1ccc2c(c1)CC[C@H]1NCCCC21. The molecule has 1 aromatic carbocycles. The molecule has 1 saturated heterocycles. The highest BCUT2D eigenvalue weighted by atomic mass is 16.5. The average Bonchev–Trinajstić information content (AvgIpc) is 2.45. The summed E-state index contributed by atoms with van der Waals surface area (Å²) in [5.74, 6) is 0.399. The third-order valence-corrected chi connectivity index (χ3v) is 4.27. The number of nitrogens with one attached hydrogen (secondary N) is 1. The summed E-state index contributed by atoms with van der Waals surface area (Å²) in [7, 11) is 1.43. The van der Waals surface area contributed by atoms with Gasteiger partial charge in [0.15, 0.2) is 0 Å². The molecule has 1 N–H and O–H groups in total.